The molecule has 2 amide bonds. The monoisotopic (exact) mass is 352 g/mol. The van der Waals surface area contributed by atoms with Crippen LogP contribution in [0.1, 0.15) is 44.9 Å². The summed E-state index contributed by atoms with van der Waals surface area (Å²) in [6.45, 7) is 2.44. The second-order valence-electron chi connectivity index (χ2n) is 7.92. The van der Waals surface area contributed by atoms with Gasteiger partial charge in [-0.15, -0.1) is 0 Å². The molecule has 1 saturated carbocycles. The quantitative estimate of drug-likeness (QED) is 0.747. The predicted octanol–water partition coefficient (Wildman–Crippen LogP) is 1.17. The molecule has 2 fully saturated rings. The molecule has 0 radical (unpaired) electrons. The molecule has 0 spiro atoms. The first-order chi connectivity index (χ1) is 12.0. The molecule has 0 aromatic rings. The predicted molar refractivity (Wildman–Crippen MR) is 100 cm³/mol. The second kappa shape index (κ2) is 9.53. The van der Waals surface area contributed by atoms with Gasteiger partial charge in [0.05, 0.1) is 12.1 Å². The highest BCUT2D eigenvalue weighted by Crippen LogP contribution is 2.33. The molecule has 2 rings (SSSR count). The molecule has 0 aromatic heterocycles. The maximum absolute atomic E-state index is 13.0. The lowest BCUT2D eigenvalue weighted by Gasteiger charge is -2.39. The van der Waals surface area contributed by atoms with E-state index in [1.165, 1.54) is 19.3 Å². The number of nitrogens with one attached hydrogen (secondary N) is 1. The lowest BCUT2D eigenvalue weighted by molar-refractivity contribution is -0.139. The Morgan fingerprint density at radius 3 is 2.32 bits per heavy atom. The molecule has 1 N–H and O–H groups in total. The van der Waals surface area contributed by atoms with Crippen LogP contribution < -0.4 is 5.32 Å². The van der Waals surface area contributed by atoms with Gasteiger partial charge in [0.2, 0.25) is 11.8 Å². The van der Waals surface area contributed by atoms with Crippen LogP contribution >= 0.6 is 0 Å². The molecule has 1 saturated heterocycles. The first kappa shape index (κ1) is 20.2. The molecular formula is C19H36N4O2. The van der Waals surface area contributed by atoms with Gasteiger partial charge in [0.25, 0.3) is 0 Å². The van der Waals surface area contributed by atoms with Crippen molar-refractivity contribution >= 4 is 11.8 Å². The number of amides is 2. The SMILES string of the molecule is CNC(=O)[C@@H](C1CCCCC1)N1CCC[C@H]1C(=O)N(C)CCN(C)C. The Kier molecular flexibility index (Phi) is 7.69. The largest absolute Gasteiger partial charge is 0.358 e. The van der Waals surface area contributed by atoms with E-state index in [1.807, 2.05) is 26.0 Å². The Morgan fingerprint density at radius 1 is 1.04 bits per heavy atom. The first-order valence-corrected chi connectivity index (χ1v) is 9.82. The number of carbonyl (C=O) groups is 2. The molecule has 2 atom stereocenters. The van der Waals surface area contributed by atoms with E-state index in [4.69, 9.17) is 0 Å². The third kappa shape index (κ3) is 5.17. The Hall–Kier alpha value is -1.14. The van der Waals surface area contributed by atoms with E-state index in [0.29, 0.717) is 5.92 Å². The summed E-state index contributed by atoms with van der Waals surface area (Å²) in [5.74, 6) is 0.640. The van der Waals surface area contributed by atoms with Gasteiger partial charge in [-0.2, -0.15) is 0 Å². The summed E-state index contributed by atoms with van der Waals surface area (Å²) >= 11 is 0. The molecular weight excluding hydrogens is 316 g/mol. The van der Waals surface area contributed by atoms with Gasteiger partial charge >= 0.3 is 0 Å². The van der Waals surface area contributed by atoms with E-state index < -0.39 is 0 Å². The fourth-order valence-electron chi connectivity index (χ4n) is 4.33. The van der Waals surface area contributed by atoms with Crippen molar-refractivity contribution in [3.63, 3.8) is 0 Å². The number of carbonyl (C=O) groups excluding carboxylic acids is 2. The van der Waals surface area contributed by atoms with Crippen molar-refractivity contribution in [2.75, 3.05) is 47.8 Å². The molecule has 25 heavy (non-hydrogen) atoms. The minimum atomic E-state index is -0.149. The Labute approximate surface area is 152 Å². The van der Waals surface area contributed by atoms with Gasteiger partial charge in [0, 0.05) is 27.2 Å². The van der Waals surface area contributed by atoms with Gasteiger partial charge in [-0.25, -0.2) is 0 Å². The third-order valence-corrected chi connectivity index (χ3v) is 5.81. The average molecular weight is 353 g/mol. The zero-order valence-corrected chi connectivity index (χ0v) is 16.5. The first-order valence-electron chi connectivity index (χ1n) is 9.82. The van der Waals surface area contributed by atoms with Crippen LogP contribution in [-0.2, 0) is 9.59 Å². The van der Waals surface area contributed by atoms with E-state index in [0.717, 1.165) is 45.3 Å². The summed E-state index contributed by atoms with van der Waals surface area (Å²) in [7, 11) is 7.64. The van der Waals surface area contributed by atoms with Crippen LogP contribution in [0.3, 0.4) is 0 Å². The third-order valence-electron chi connectivity index (χ3n) is 5.81. The van der Waals surface area contributed by atoms with Crippen molar-refractivity contribution in [2.24, 2.45) is 5.92 Å². The minimum absolute atomic E-state index is 0.0857. The number of likely N-dealkylation sites (N-methyl/N-ethyl adjacent to an activating group) is 3. The van der Waals surface area contributed by atoms with Crippen LogP contribution in [0.4, 0.5) is 0 Å². The van der Waals surface area contributed by atoms with Gasteiger partial charge in [-0.05, 0) is 52.2 Å². The summed E-state index contributed by atoms with van der Waals surface area (Å²) in [6, 6.07) is -0.291. The van der Waals surface area contributed by atoms with Crippen molar-refractivity contribution in [1.82, 2.24) is 20.0 Å². The van der Waals surface area contributed by atoms with Crippen LogP contribution in [0.2, 0.25) is 0 Å². The normalized spacial score (nSPS) is 23.6. The molecule has 1 aliphatic carbocycles. The van der Waals surface area contributed by atoms with E-state index in [9.17, 15) is 9.59 Å². The zero-order valence-electron chi connectivity index (χ0n) is 16.5. The number of hydrogen-bond donors (Lipinski definition) is 1. The summed E-state index contributed by atoms with van der Waals surface area (Å²) in [4.78, 5) is 31.8. The Bertz CT molecular complexity index is 449. The van der Waals surface area contributed by atoms with Crippen molar-refractivity contribution in [3.8, 4) is 0 Å². The Morgan fingerprint density at radius 2 is 1.72 bits per heavy atom. The van der Waals surface area contributed by atoms with Crippen LogP contribution in [0.15, 0.2) is 0 Å². The summed E-state index contributed by atoms with van der Waals surface area (Å²) in [6.07, 6.45) is 7.74. The van der Waals surface area contributed by atoms with Crippen molar-refractivity contribution in [1.29, 1.82) is 0 Å². The molecule has 1 heterocycles. The molecule has 0 aromatic carbocycles. The van der Waals surface area contributed by atoms with Gasteiger partial charge in [0.1, 0.15) is 0 Å². The van der Waals surface area contributed by atoms with Crippen molar-refractivity contribution in [2.45, 2.75) is 57.0 Å². The van der Waals surface area contributed by atoms with E-state index in [2.05, 4.69) is 15.1 Å². The van der Waals surface area contributed by atoms with Gasteiger partial charge in [0.15, 0.2) is 0 Å². The standard InChI is InChI=1S/C19H36N4O2/c1-20-18(24)17(15-9-6-5-7-10-15)23-12-8-11-16(23)19(25)22(4)14-13-21(2)3/h15-17H,5-14H2,1-4H3,(H,20,24)/t16-,17+/m0/s1. The number of hydrogen-bond acceptors (Lipinski definition) is 4. The highest BCUT2D eigenvalue weighted by Gasteiger charge is 2.42. The molecule has 0 bridgehead atoms. The number of likely N-dealkylation sites (tertiary alicyclic amines) is 1. The molecule has 6 heteroatoms. The number of rotatable bonds is 7. The number of nitrogens with zero attached hydrogens (tertiary/aromatic N) is 3. The molecule has 144 valence electrons. The Balaban J connectivity index is 2.10. The van der Waals surface area contributed by atoms with Gasteiger partial charge in [-0.3, -0.25) is 14.5 Å². The highest BCUT2D eigenvalue weighted by molar-refractivity contribution is 5.85. The van der Waals surface area contributed by atoms with Gasteiger partial charge < -0.3 is 15.1 Å². The van der Waals surface area contributed by atoms with E-state index >= 15 is 0 Å². The van der Waals surface area contributed by atoms with Crippen molar-refractivity contribution in [3.05, 3.63) is 0 Å². The van der Waals surface area contributed by atoms with Crippen LogP contribution in [0.25, 0.3) is 0 Å². The molecule has 1 aliphatic heterocycles. The van der Waals surface area contributed by atoms with E-state index in [-0.39, 0.29) is 23.9 Å². The molecule has 6 nitrogen and oxygen atoms in total. The summed E-state index contributed by atoms with van der Waals surface area (Å²) in [5.41, 5.74) is 0. The molecule has 2 aliphatic rings. The summed E-state index contributed by atoms with van der Waals surface area (Å²) < 4.78 is 0. The van der Waals surface area contributed by atoms with Crippen molar-refractivity contribution < 1.29 is 9.59 Å². The highest BCUT2D eigenvalue weighted by atomic mass is 16.2. The summed E-state index contributed by atoms with van der Waals surface area (Å²) in [5, 5.41) is 2.86. The maximum atomic E-state index is 13.0. The lowest BCUT2D eigenvalue weighted by atomic mass is 9.82. The lowest BCUT2D eigenvalue weighted by Crippen LogP contribution is -2.56. The van der Waals surface area contributed by atoms with Crippen LogP contribution in [-0.4, -0.2) is 86.4 Å². The second-order valence-corrected chi connectivity index (χ2v) is 7.92. The van der Waals surface area contributed by atoms with E-state index in [1.54, 1.807) is 7.05 Å². The average Bonchev–Trinajstić information content (AvgIpc) is 3.09. The smallest absolute Gasteiger partial charge is 0.239 e. The fraction of sp³-hybridized carbons (Fsp3) is 0.895. The van der Waals surface area contributed by atoms with Crippen LogP contribution in [0.5, 0.6) is 0 Å². The van der Waals surface area contributed by atoms with Gasteiger partial charge in [-0.1, -0.05) is 19.3 Å². The minimum Gasteiger partial charge on any atom is -0.358 e. The van der Waals surface area contributed by atoms with Crippen LogP contribution in [0, 0.1) is 5.92 Å². The fourth-order valence-corrected chi connectivity index (χ4v) is 4.33. The maximum Gasteiger partial charge on any atom is 0.239 e. The zero-order chi connectivity index (χ0) is 18.4. The topological polar surface area (TPSA) is 55.9 Å². The molecule has 0 unspecified atom stereocenters.